The maximum absolute atomic E-state index is 14.0. The third kappa shape index (κ3) is 7.39. The van der Waals surface area contributed by atoms with Crippen LogP contribution in [0.1, 0.15) is 38.2 Å². The number of nitrogens with one attached hydrogen (secondary N) is 1. The fourth-order valence-corrected chi connectivity index (χ4v) is 6.57. The topological polar surface area (TPSA) is 130 Å². The average molecular weight is 634 g/mol. The first-order chi connectivity index (χ1) is 20.0. The van der Waals surface area contributed by atoms with Gasteiger partial charge < -0.3 is 10.2 Å². The Bertz CT molecular complexity index is 1570. The summed E-state index contributed by atoms with van der Waals surface area (Å²) in [6, 6.07) is 16.3. The Balaban J connectivity index is 1.72. The van der Waals surface area contributed by atoms with Crippen LogP contribution in [0.5, 0.6) is 0 Å². The summed E-state index contributed by atoms with van der Waals surface area (Å²) in [6.07, 6.45) is 3.69. The van der Waals surface area contributed by atoms with Gasteiger partial charge in [-0.2, -0.15) is 0 Å². The molecule has 13 heteroatoms. The molecule has 1 atom stereocenters. The number of rotatable bonds is 11. The van der Waals surface area contributed by atoms with Crippen LogP contribution in [0.3, 0.4) is 0 Å². The monoisotopic (exact) mass is 632 g/mol. The molecule has 1 N–H and O–H groups in total. The largest absolute Gasteiger partial charge is 0.352 e. The number of anilines is 1. The van der Waals surface area contributed by atoms with Gasteiger partial charge in [0.1, 0.15) is 12.6 Å². The molecule has 1 aliphatic carbocycles. The number of nitro benzene ring substituents is 1. The van der Waals surface area contributed by atoms with Crippen molar-refractivity contribution in [2.45, 2.75) is 56.1 Å². The van der Waals surface area contributed by atoms with Crippen molar-refractivity contribution in [3.05, 3.63) is 98.5 Å². The van der Waals surface area contributed by atoms with E-state index in [4.69, 9.17) is 23.2 Å². The summed E-state index contributed by atoms with van der Waals surface area (Å²) in [5.41, 5.74) is 0.162. The van der Waals surface area contributed by atoms with Crippen molar-refractivity contribution in [3.63, 3.8) is 0 Å². The number of nitrogens with zero attached hydrogens (tertiary/aromatic N) is 3. The Kier molecular flexibility index (Phi) is 10.1. The highest BCUT2D eigenvalue weighted by Gasteiger charge is 2.34. The van der Waals surface area contributed by atoms with Crippen molar-refractivity contribution in [1.29, 1.82) is 0 Å². The van der Waals surface area contributed by atoms with E-state index in [0.717, 1.165) is 36.1 Å². The van der Waals surface area contributed by atoms with Gasteiger partial charge in [-0.15, -0.1) is 0 Å². The molecule has 1 aliphatic rings. The Morgan fingerprint density at radius 2 is 1.69 bits per heavy atom. The Morgan fingerprint density at radius 1 is 1.00 bits per heavy atom. The summed E-state index contributed by atoms with van der Waals surface area (Å²) in [5.74, 6) is -1.07. The Morgan fingerprint density at radius 3 is 2.33 bits per heavy atom. The summed E-state index contributed by atoms with van der Waals surface area (Å²) in [7, 11) is -4.35. The molecule has 0 aliphatic heterocycles. The molecule has 0 heterocycles. The minimum atomic E-state index is -4.35. The van der Waals surface area contributed by atoms with Crippen LogP contribution in [0.2, 0.25) is 10.0 Å². The minimum Gasteiger partial charge on any atom is -0.352 e. The summed E-state index contributed by atoms with van der Waals surface area (Å²) >= 11 is 12.3. The van der Waals surface area contributed by atoms with Gasteiger partial charge in [0.05, 0.1) is 25.6 Å². The maximum Gasteiger partial charge on any atom is 0.271 e. The van der Waals surface area contributed by atoms with Crippen molar-refractivity contribution in [2.24, 2.45) is 0 Å². The Hall–Kier alpha value is -3.67. The van der Waals surface area contributed by atoms with Gasteiger partial charge in [-0.3, -0.25) is 24.0 Å². The minimum absolute atomic E-state index is 0.00158. The number of non-ortho nitro benzene ring substituents is 1. The van der Waals surface area contributed by atoms with Gasteiger partial charge in [-0.05, 0) is 55.7 Å². The molecule has 222 valence electrons. The van der Waals surface area contributed by atoms with E-state index in [0.29, 0.717) is 10.6 Å². The average Bonchev–Trinajstić information content (AvgIpc) is 3.49. The quantitative estimate of drug-likeness (QED) is 0.217. The zero-order valence-electron chi connectivity index (χ0n) is 22.8. The smallest absolute Gasteiger partial charge is 0.271 e. The number of nitro groups is 1. The van der Waals surface area contributed by atoms with Crippen LogP contribution in [-0.2, 0) is 26.2 Å². The third-order valence-corrected chi connectivity index (χ3v) is 9.67. The summed E-state index contributed by atoms with van der Waals surface area (Å²) in [6.45, 7) is 0.785. The van der Waals surface area contributed by atoms with E-state index < -0.39 is 33.4 Å². The number of amides is 2. The molecule has 0 spiro atoms. The molecular formula is C29H30Cl2N4O6S. The second-order valence-corrected chi connectivity index (χ2v) is 12.7. The van der Waals surface area contributed by atoms with Crippen LogP contribution in [0.4, 0.5) is 11.4 Å². The van der Waals surface area contributed by atoms with Crippen LogP contribution in [0.25, 0.3) is 0 Å². The second kappa shape index (κ2) is 13.5. The number of benzene rings is 3. The number of carbonyl (C=O) groups excluding carboxylic acids is 2. The first-order valence-corrected chi connectivity index (χ1v) is 15.5. The lowest BCUT2D eigenvalue weighted by atomic mass is 10.1. The predicted octanol–water partition coefficient (Wildman–Crippen LogP) is 5.57. The van der Waals surface area contributed by atoms with Crippen molar-refractivity contribution < 1.29 is 22.9 Å². The molecule has 0 unspecified atom stereocenters. The van der Waals surface area contributed by atoms with E-state index in [1.165, 1.54) is 47.4 Å². The fraction of sp³-hybridized carbons (Fsp3) is 0.310. The number of sulfonamides is 1. The van der Waals surface area contributed by atoms with Crippen molar-refractivity contribution in [1.82, 2.24) is 10.2 Å². The molecule has 10 nitrogen and oxygen atoms in total. The lowest BCUT2D eigenvalue weighted by molar-refractivity contribution is -0.384. The predicted molar refractivity (Wildman–Crippen MR) is 161 cm³/mol. The van der Waals surface area contributed by atoms with Gasteiger partial charge in [-0.25, -0.2) is 8.42 Å². The highest BCUT2D eigenvalue weighted by molar-refractivity contribution is 7.92. The van der Waals surface area contributed by atoms with E-state index in [2.05, 4.69) is 5.32 Å². The van der Waals surface area contributed by atoms with Crippen LogP contribution in [0, 0.1) is 10.1 Å². The van der Waals surface area contributed by atoms with E-state index >= 15 is 0 Å². The lowest BCUT2D eigenvalue weighted by Gasteiger charge is -2.32. The van der Waals surface area contributed by atoms with Crippen molar-refractivity contribution in [2.75, 3.05) is 10.8 Å². The number of hydrogen-bond donors (Lipinski definition) is 1. The van der Waals surface area contributed by atoms with Gasteiger partial charge in [0, 0.05) is 24.7 Å². The molecule has 4 rings (SSSR count). The van der Waals surface area contributed by atoms with Gasteiger partial charge in [0.15, 0.2) is 0 Å². The lowest BCUT2D eigenvalue weighted by Crippen LogP contribution is -2.52. The third-order valence-electron chi connectivity index (χ3n) is 7.14. The van der Waals surface area contributed by atoms with Crippen LogP contribution < -0.4 is 9.62 Å². The van der Waals surface area contributed by atoms with E-state index in [9.17, 15) is 28.1 Å². The van der Waals surface area contributed by atoms with Crippen molar-refractivity contribution in [3.8, 4) is 0 Å². The van der Waals surface area contributed by atoms with E-state index in [1.807, 2.05) is 0 Å². The molecule has 1 saturated carbocycles. The molecule has 1 fully saturated rings. The van der Waals surface area contributed by atoms with E-state index in [-0.39, 0.29) is 39.8 Å². The number of hydrogen-bond acceptors (Lipinski definition) is 6. The Labute approximate surface area is 254 Å². The molecule has 0 saturated heterocycles. The molecule has 3 aromatic rings. The van der Waals surface area contributed by atoms with Gasteiger partial charge >= 0.3 is 0 Å². The molecule has 42 heavy (non-hydrogen) atoms. The highest BCUT2D eigenvalue weighted by Crippen LogP contribution is 2.28. The summed E-state index contributed by atoms with van der Waals surface area (Å²) in [4.78, 5) is 39.3. The molecule has 3 aromatic carbocycles. The first kappa shape index (κ1) is 31.3. The molecule has 0 aromatic heterocycles. The maximum atomic E-state index is 14.0. The molecular weight excluding hydrogens is 603 g/mol. The zero-order chi connectivity index (χ0) is 30.4. The SMILES string of the molecule is C[C@H](C(=O)NC1CCCC1)N(Cc1ccc(Cl)c(Cl)c1)C(=O)CN(c1cccc([N+](=O)[O-])c1)S(=O)(=O)c1ccccc1. The van der Waals surface area contributed by atoms with Gasteiger partial charge in [0.2, 0.25) is 11.8 Å². The summed E-state index contributed by atoms with van der Waals surface area (Å²) < 4.78 is 28.5. The zero-order valence-corrected chi connectivity index (χ0v) is 25.1. The summed E-state index contributed by atoms with van der Waals surface area (Å²) in [5, 5.41) is 15.1. The standard InChI is InChI=1S/C29H30Cl2N4O6S/c1-20(29(37)32-22-8-5-6-9-22)33(18-21-14-15-26(30)27(31)16-21)28(36)19-34(23-10-7-11-24(17-23)35(38)39)42(40,41)25-12-3-2-4-13-25/h2-4,7,10-17,20,22H,5-6,8-9,18-19H2,1H3,(H,32,37)/t20-/m1/s1. The second-order valence-electron chi connectivity index (χ2n) is 10.0. The van der Waals surface area contributed by atoms with Crippen molar-refractivity contribution >= 4 is 56.4 Å². The number of carbonyl (C=O) groups is 2. The normalized spacial score (nSPS) is 14.3. The fourth-order valence-electron chi connectivity index (χ4n) is 4.82. The van der Waals surface area contributed by atoms with Crippen LogP contribution >= 0.6 is 23.2 Å². The number of halogens is 2. The highest BCUT2D eigenvalue weighted by atomic mass is 35.5. The van der Waals surface area contributed by atoms with Crippen LogP contribution in [0.15, 0.2) is 77.7 Å². The molecule has 2 amide bonds. The molecule has 0 bridgehead atoms. The van der Waals surface area contributed by atoms with Gasteiger partial charge in [-0.1, -0.05) is 66.4 Å². The van der Waals surface area contributed by atoms with E-state index in [1.54, 1.807) is 31.2 Å². The first-order valence-electron chi connectivity index (χ1n) is 13.3. The van der Waals surface area contributed by atoms with Crippen LogP contribution in [-0.4, -0.2) is 48.7 Å². The van der Waals surface area contributed by atoms with Gasteiger partial charge in [0.25, 0.3) is 15.7 Å². The molecule has 0 radical (unpaired) electrons.